The maximum absolute atomic E-state index is 11.9. The van der Waals surface area contributed by atoms with Crippen molar-refractivity contribution in [2.24, 2.45) is 0 Å². The van der Waals surface area contributed by atoms with Gasteiger partial charge in [0.2, 0.25) is 5.91 Å². The predicted molar refractivity (Wildman–Crippen MR) is 87.6 cm³/mol. The topological polar surface area (TPSA) is 56.8 Å². The molecule has 0 radical (unpaired) electrons. The van der Waals surface area contributed by atoms with Crippen LogP contribution in [0.5, 0.6) is 17.2 Å². The van der Waals surface area contributed by atoms with E-state index in [0.717, 1.165) is 0 Å². The predicted octanol–water partition coefficient (Wildman–Crippen LogP) is 3.52. The van der Waals surface area contributed by atoms with Crippen molar-refractivity contribution in [2.45, 2.75) is 6.42 Å². The molecule has 3 rings (SSSR count). The quantitative estimate of drug-likeness (QED) is 0.909. The summed E-state index contributed by atoms with van der Waals surface area (Å²) in [4.78, 5) is 11.9. The number of ether oxygens (including phenoxy) is 3. The third-order valence-corrected chi connectivity index (χ3v) is 3.49. The third kappa shape index (κ3) is 4.29. The zero-order valence-electron chi connectivity index (χ0n) is 12.4. The van der Waals surface area contributed by atoms with E-state index in [1.807, 2.05) is 0 Å². The molecule has 1 amide bonds. The summed E-state index contributed by atoms with van der Waals surface area (Å²) in [5.41, 5.74) is 0.672. The average molecular weight is 334 g/mol. The van der Waals surface area contributed by atoms with Crippen LogP contribution < -0.4 is 19.5 Å². The van der Waals surface area contributed by atoms with E-state index in [1.165, 1.54) is 0 Å². The van der Waals surface area contributed by atoms with Crippen LogP contribution in [0.4, 0.5) is 5.69 Å². The van der Waals surface area contributed by atoms with Gasteiger partial charge in [-0.1, -0.05) is 11.6 Å². The highest BCUT2D eigenvalue weighted by Gasteiger charge is 2.12. The number of rotatable bonds is 5. The Morgan fingerprint density at radius 1 is 1.09 bits per heavy atom. The molecule has 23 heavy (non-hydrogen) atoms. The molecule has 5 nitrogen and oxygen atoms in total. The zero-order valence-corrected chi connectivity index (χ0v) is 13.1. The Hall–Kier alpha value is -2.40. The fourth-order valence-corrected chi connectivity index (χ4v) is 2.26. The molecule has 1 aliphatic heterocycles. The van der Waals surface area contributed by atoms with Crippen molar-refractivity contribution in [3.63, 3.8) is 0 Å². The van der Waals surface area contributed by atoms with Crippen LogP contribution in [-0.4, -0.2) is 25.7 Å². The van der Waals surface area contributed by atoms with Crippen molar-refractivity contribution in [1.82, 2.24) is 0 Å². The summed E-state index contributed by atoms with van der Waals surface area (Å²) in [5, 5.41) is 3.46. The highest BCUT2D eigenvalue weighted by Crippen LogP contribution is 2.32. The smallest absolute Gasteiger partial charge is 0.227 e. The van der Waals surface area contributed by atoms with Crippen LogP contribution in [0.25, 0.3) is 0 Å². The largest absolute Gasteiger partial charge is 0.493 e. The molecule has 0 aliphatic carbocycles. The van der Waals surface area contributed by atoms with Gasteiger partial charge in [0, 0.05) is 16.8 Å². The molecule has 1 aliphatic rings. The Bertz CT molecular complexity index is 687. The average Bonchev–Trinajstić information content (AvgIpc) is 2.56. The van der Waals surface area contributed by atoms with Gasteiger partial charge in [-0.15, -0.1) is 0 Å². The van der Waals surface area contributed by atoms with Gasteiger partial charge >= 0.3 is 0 Å². The van der Waals surface area contributed by atoms with Crippen LogP contribution in [0, 0.1) is 0 Å². The first-order valence-corrected chi connectivity index (χ1v) is 7.66. The second-order valence-electron chi connectivity index (χ2n) is 4.96. The fraction of sp³-hybridized carbons (Fsp3) is 0.235. The van der Waals surface area contributed by atoms with Crippen molar-refractivity contribution in [1.29, 1.82) is 0 Å². The second-order valence-corrected chi connectivity index (χ2v) is 5.40. The van der Waals surface area contributed by atoms with Gasteiger partial charge in [0.1, 0.15) is 19.0 Å². The van der Waals surface area contributed by atoms with E-state index >= 15 is 0 Å². The Morgan fingerprint density at radius 2 is 1.83 bits per heavy atom. The van der Waals surface area contributed by atoms with Crippen molar-refractivity contribution < 1.29 is 19.0 Å². The van der Waals surface area contributed by atoms with Gasteiger partial charge in [0.25, 0.3) is 0 Å². The number of nitrogens with one attached hydrogen (secondary N) is 1. The summed E-state index contributed by atoms with van der Waals surface area (Å²) in [7, 11) is 0. The molecular weight excluding hydrogens is 318 g/mol. The normalized spacial score (nSPS) is 12.6. The van der Waals surface area contributed by atoms with Crippen LogP contribution in [0.2, 0.25) is 5.02 Å². The van der Waals surface area contributed by atoms with Gasteiger partial charge in [-0.05, 0) is 36.4 Å². The molecule has 0 unspecified atom stereocenters. The number of carbonyl (C=O) groups excluding carboxylic acids is 1. The molecule has 0 spiro atoms. The van der Waals surface area contributed by atoms with Crippen LogP contribution >= 0.6 is 11.6 Å². The number of carbonyl (C=O) groups is 1. The molecular formula is C17H16ClNO4. The standard InChI is InChI=1S/C17H16ClNO4/c18-12-1-4-14(5-2-12)21-8-7-17(20)19-13-3-6-15-16(11-13)23-10-9-22-15/h1-6,11H,7-10H2,(H,19,20). The highest BCUT2D eigenvalue weighted by molar-refractivity contribution is 6.30. The minimum Gasteiger partial charge on any atom is -0.493 e. The number of halogens is 1. The maximum Gasteiger partial charge on any atom is 0.227 e. The first-order chi connectivity index (χ1) is 11.2. The molecule has 2 aromatic rings. The molecule has 1 N–H and O–H groups in total. The SMILES string of the molecule is O=C(CCOc1ccc(Cl)cc1)Nc1ccc2c(c1)OCCO2. The van der Waals surface area contributed by atoms with Gasteiger partial charge in [-0.25, -0.2) is 0 Å². The molecule has 0 bridgehead atoms. The molecule has 6 heteroatoms. The second kappa shape index (κ2) is 7.24. The van der Waals surface area contributed by atoms with E-state index in [-0.39, 0.29) is 18.9 Å². The Kier molecular flexibility index (Phi) is 4.88. The van der Waals surface area contributed by atoms with Crippen molar-refractivity contribution in [3.8, 4) is 17.2 Å². The summed E-state index contributed by atoms with van der Waals surface area (Å²) in [6.45, 7) is 1.35. The van der Waals surface area contributed by atoms with E-state index in [4.69, 9.17) is 25.8 Å². The minimum atomic E-state index is -0.129. The van der Waals surface area contributed by atoms with Crippen molar-refractivity contribution in [3.05, 3.63) is 47.5 Å². The van der Waals surface area contributed by atoms with Gasteiger partial charge in [0.15, 0.2) is 11.5 Å². The first kappa shape index (κ1) is 15.5. The molecule has 1 heterocycles. The van der Waals surface area contributed by atoms with Crippen LogP contribution in [0.15, 0.2) is 42.5 Å². The van der Waals surface area contributed by atoms with Gasteiger partial charge in [-0.2, -0.15) is 0 Å². The molecule has 2 aromatic carbocycles. The monoisotopic (exact) mass is 333 g/mol. The maximum atomic E-state index is 11.9. The lowest BCUT2D eigenvalue weighted by atomic mass is 10.2. The number of benzene rings is 2. The lowest BCUT2D eigenvalue weighted by Gasteiger charge is -2.19. The van der Waals surface area contributed by atoms with Crippen LogP contribution in [-0.2, 0) is 4.79 Å². The van der Waals surface area contributed by atoms with Crippen LogP contribution in [0.3, 0.4) is 0 Å². The molecule has 0 aromatic heterocycles. The molecule has 0 atom stereocenters. The van der Waals surface area contributed by atoms with E-state index < -0.39 is 0 Å². The van der Waals surface area contributed by atoms with E-state index in [0.29, 0.717) is 41.2 Å². The van der Waals surface area contributed by atoms with Crippen LogP contribution in [0.1, 0.15) is 6.42 Å². The Morgan fingerprint density at radius 3 is 2.61 bits per heavy atom. The summed E-state index contributed by atoms with van der Waals surface area (Å²) in [6, 6.07) is 12.3. The fourth-order valence-electron chi connectivity index (χ4n) is 2.14. The summed E-state index contributed by atoms with van der Waals surface area (Å²) in [6.07, 6.45) is 0.247. The molecule has 0 fully saturated rings. The Balaban J connectivity index is 1.48. The number of hydrogen-bond acceptors (Lipinski definition) is 4. The van der Waals surface area contributed by atoms with E-state index in [9.17, 15) is 4.79 Å². The van der Waals surface area contributed by atoms with Gasteiger partial charge in [0.05, 0.1) is 13.0 Å². The zero-order chi connectivity index (χ0) is 16.1. The van der Waals surface area contributed by atoms with Crippen molar-refractivity contribution >= 4 is 23.2 Å². The lowest BCUT2D eigenvalue weighted by Crippen LogP contribution is -2.17. The third-order valence-electron chi connectivity index (χ3n) is 3.24. The van der Waals surface area contributed by atoms with Crippen molar-refractivity contribution in [2.75, 3.05) is 25.1 Å². The first-order valence-electron chi connectivity index (χ1n) is 7.28. The number of fused-ring (bicyclic) bond motifs is 1. The molecule has 0 saturated heterocycles. The molecule has 0 saturated carbocycles. The van der Waals surface area contributed by atoms with Gasteiger partial charge < -0.3 is 19.5 Å². The highest BCUT2D eigenvalue weighted by atomic mass is 35.5. The number of hydrogen-bond donors (Lipinski definition) is 1. The summed E-state index contributed by atoms with van der Waals surface area (Å²) >= 11 is 5.80. The number of anilines is 1. The summed E-state index contributed by atoms with van der Waals surface area (Å²) in [5.74, 6) is 1.89. The van der Waals surface area contributed by atoms with E-state index in [1.54, 1.807) is 42.5 Å². The van der Waals surface area contributed by atoms with E-state index in [2.05, 4.69) is 5.32 Å². The van der Waals surface area contributed by atoms with Gasteiger partial charge in [-0.3, -0.25) is 4.79 Å². The molecule has 120 valence electrons. The number of amides is 1. The summed E-state index contributed by atoms with van der Waals surface area (Å²) < 4.78 is 16.4. The Labute approximate surface area is 139 Å². The minimum absolute atomic E-state index is 0.129. The lowest BCUT2D eigenvalue weighted by molar-refractivity contribution is -0.116.